The van der Waals surface area contributed by atoms with E-state index in [4.69, 9.17) is 19.0 Å². The van der Waals surface area contributed by atoms with Crippen LogP contribution in [-0.4, -0.2) is 53.6 Å². The summed E-state index contributed by atoms with van der Waals surface area (Å²) >= 11 is 0. The van der Waals surface area contributed by atoms with Gasteiger partial charge in [0.1, 0.15) is 29.8 Å². The molecule has 0 saturated heterocycles. The third kappa shape index (κ3) is 3.90. The number of imidazole rings is 1. The van der Waals surface area contributed by atoms with Gasteiger partial charge in [-0.1, -0.05) is 11.2 Å². The van der Waals surface area contributed by atoms with Crippen molar-refractivity contribution in [2.45, 2.75) is 25.1 Å². The minimum absolute atomic E-state index is 0.0511. The summed E-state index contributed by atoms with van der Waals surface area (Å²) < 4.78 is 46.8. The summed E-state index contributed by atoms with van der Waals surface area (Å²) in [6.07, 6.45) is 9.84. The van der Waals surface area contributed by atoms with Gasteiger partial charge < -0.3 is 23.6 Å². The van der Waals surface area contributed by atoms with Crippen LogP contribution in [0, 0.1) is 18.6 Å². The van der Waals surface area contributed by atoms with Crippen LogP contribution in [0.15, 0.2) is 71.2 Å². The standard InChI is InChI=1S/C25H24F2N4O5/c1-15-13-30(14-28-15)20-5-4-16(8-22(20)33-2)21-12-23-29-36-25(24(32)34-3,31(23)6-7-35-21)17-9-18(26)11-19(27)10-17/h4,8-14,20H,5-7H2,1-3H3. The van der Waals surface area contributed by atoms with Gasteiger partial charge in [0.05, 0.1) is 38.8 Å². The molecule has 9 nitrogen and oxygen atoms in total. The molecule has 2 atom stereocenters. The number of aryl methyl sites for hydroxylation is 1. The Morgan fingerprint density at radius 1 is 1.19 bits per heavy atom. The lowest BCUT2D eigenvalue weighted by Crippen LogP contribution is -2.53. The van der Waals surface area contributed by atoms with Crippen LogP contribution in [0.4, 0.5) is 8.78 Å². The lowest BCUT2D eigenvalue weighted by molar-refractivity contribution is -0.187. The molecule has 0 N–H and O–H groups in total. The number of hydrogen-bond donors (Lipinski definition) is 0. The Labute approximate surface area is 205 Å². The summed E-state index contributed by atoms with van der Waals surface area (Å²) in [6.45, 7) is 2.20. The number of methoxy groups -OCH3 is 2. The fourth-order valence-electron chi connectivity index (χ4n) is 4.59. The van der Waals surface area contributed by atoms with E-state index in [1.54, 1.807) is 19.5 Å². The molecule has 3 heterocycles. The highest BCUT2D eigenvalue weighted by atomic mass is 19.1. The Balaban J connectivity index is 1.48. The van der Waals surface area contributed by atoms with Crippen LogP contribution >= 0.6 is 0 Å². The van der Waals surface area contributed by atoms with E-state index in [-0.39, 0.29) is 30.6 Å². The average molecular weight is 498 g/mol. The Hall–Kier alpha value is -4.15. The molecule has 0 fully saturated rings. The van der Waals surface area contributed by atoms with Gasteiger partial charge in [0, 0.05) is 29.5 Å². The zero-order valence-corrected chi connectivity index (χ0v) is 19.9. The number of carbonyl (C=O) groups is 1. The van der Waals surface area contributed by atoms with Gasteiger partial charge in [-0.25, -0.2) is 18.6 Å². The lowest BCUT2D eigenvalue weighted by Gasteiger charge is -2.33. The number of allylic oxidation sites excluding steroid dienone is 3. The molecule has 5 rings (SSSR count). The maximum atomic E-state index is 14.1. The number of benzene rings is 1. The van der Waals surface area contributed by atoms with Crippen LogP contribution in [0.2, 0.25) is 0 Å². The highest BCUT2D eigenvalue weighted by Gasteiger charge is 2.56. The second kappa shape index (κ2) is 9.14. The number of rotatable bonds is 5. The second-order valence-electron chi connectivity index (χ2n) is 8.47. The molecule has 2 aliphatic heterocycles. The number of hydrogen-bond acceptors (Lipinski definition) is 8. The molecule has 11 heteroatoms. The average Bonchev–Trinajstić information content (AvgIpc) is 3.39. The minimum atomic E-state index is -2.00. The monoisotopic (exact) mass is 498 g/mol. The molecule has 36 heavy (non-hydrogen) atoms. The van der Waals surface area contributed by atoms with Gasteiger partial charge in [-0.2, -0.15) is 0 Å². The van der Waals surface area contributed by atoms with Crippen molar-refractivity contribution in [3.05, 3.63) is 88.9 Å². The first kappa shape index (κ1) is 23.6. The summed E-state index contributed by atoms with van der Waals surface area (Å²) in [7, 11) is 2.77. The van der Waals surface area contributed by atoms with Crippen molar-refractivity contribution >= 4 is 11.8 Å². The Morgan fingerprint density at radius 2 is 1.97 bits per heavy atom. The van der Waals surface area contributed by atoms with Gasteiger partial charge in [0.2, 0.25) is 0 Å². The van der Waals surface area contributed by atoms with Crippen molar-refractivity contribution in [2.75, 3.05) is 27.4 Å². The van der Waals surface area contributed by atoms with E-state index in [0.29, 0.717) is 18.2 Å². The quantitative estimate of drug-likeness (QED) is 0.584. The van der Waals surface area contributed by atoms with Crippen molar-refractivity contribution in [1.29, 1.82) is 0 Å². The number of fused-ring (bicyclic) bond motifs is 1. The molecular formula is C25H24F2N4O5. The summed E-state index contributed by atoms with van der Waals surface area (Å²) in [5, 5.41) is 4.07. The summed E-state index contributed by atoms with van der Waals surface area (Å²) in [4.78, 5) is 24.3. The van der Waals surface area contributed by atoms with E-state index >= 15 is 0 Å². The highest BCUT2D eigenvalue weighted by molar-refractivity contribution is 5.99. The number of aromatic nitrogens is 2. The first-order valence-corrected chi connectivity index (χ1v) is 11.2. The van der Waals surface area contributed by atoms with Crippen molar-refractivity contribution in [3.8, 4) is 0 Å². The van der Waals surface area contributed by atoms with Gasteiger partial charge in [-0.15, -0.1) is 0 Å². The number of carbonyl (C=O) groups excluding carboxylic acids is 1. The fraction of sp³-hybridized carbons (Fsp3) is 0.320. The van der Waals surface area contributed by atoms with E-state index in [9.17, 15) is 13.6 Å². The molecule has 1 aliphatic carbocycles. The minimum Gasteiger partial charge on any atom is -0.499 e. The normalized spacial score (nSPS) is 23.2. The lowest BCUT2D eigenvalue weighted by atomic mass is 9.98. The van der Waals surface area contributed by atoms with Crippen LogP contribution in [0.1, 0.15) is 23.7 Å². The van der Waals surface area contributed by atoms with Gasteiger partial charge in [-0.05, 0) is 31.6 Å². The summed E-state index contributed by atoms with van der Waals surface area (Å²) in [5.74, 6) is -1.14. The molecule has 188 valence electrons. The van der Waals surface area contributed by atoms with E-state index in [0.717, 1.165) is 29.2 Å². The summed E-state index contributed by atoms with van der Waals surface area (Å²) in [5.41, 5.74) is -0.417. The predicted molar refractivity (Wildman–Crippen MR) is 123 cm³/mol. The van der Waals surface area contributed by atoms with Crippen LogP contribution < -0.4 is 0 Å². The van der Waals surface area contributed by atoms with Gasteiger partial charge in [0.15, 0.2) is 5.84 Å². The molecule has 3 aliphatic rings. The maximum absolute atomic E-state index is 14.1. The molecule has 1 aromatic carbocycles. The smallest absolute Gasteiger partial charge is 0.380 e. The maximum Gasteiger partial charge on any atom is 0.380 e. The molecule has 0 spiro atoms. The number of nitrogens with zero attached hydrogens (tertiary/aromatic N) is 4. The van der Waals surface area contributed by atoms with Crippen molar-refractivity contribution in [1.82, 2.24) is 14.5 Å². The molecule has 0 saturated carbocycles. The zero-order valence-electron chi connectivity index (χ0n) is 19.9. The molecular weight excluding hydrogens is 474 g/mol. The molecule has 0 amide bonds. The molecule has 0 radical (unpaired) electrons. The number of oxime groups is 1. The molecule has 1 aromatic heterocycles. The van der Waals surface area contributed by atoms with Gasteiger partial charge in [-0.3, -0.25) is 4.90 Å². The predicted octanol–water partition coefficient (Wildman–Crippen LogP) is 3.46. The van der Waals surface area contributed by atoms with E-state index < -0.39 is 23.3 Å². The second-order valence-corrected chi connectivity index (χ2v) is 8.47. The Bertz CT molecular complexity index is 1310. The van der Waals surface area contributed by atoms with Crippen LogP contribution in [-0.2, 0) is 29.6 Å². The highest BCUT2D eigenvalue weighted by Crippen LogP contribution is 2.40. The zero-order chi connectivity index (χ0) is 25.4. The number of ether oxygens (including phenoxy) is 3. The van der Waals surface area contributed by atoms with E-state index in [1.807, 2.05) is 29.8 Å². The van der Waals surface area contributed by atoms with E-state index in [2.05, 4.69) is 10.1 Å². The van der Waals surface area contributed by atoms with Gasteiger partial charge >= 0.3 is 11.7 Å². The van der Waals surface area contributed by atoms with E-state index in [1.165, 1.54) is 12.0 Å². The fourth-order valence-corrected chi connectivity index (χ4v) is 4.59. The SMILES string of the molecule is COC(=O)C1(c2cc(F)cc(F)c2)ON=C2C=C(C3=CCC(n4cnc(C)c4)C(OC)=C3)OCCN21. The first-order valence-electron chi connectivity index (χ1n) is 11.2. The topological polar surface area (TPSA) is 87.4 Å². The third-order valence-corrected chi connectivity index (χ3v) is 6.27. The largest absolute Gasteiger partial charge is 0.499 e. The Morgan fingerprint density at radius 3 is 2.64 bits per heavy atom. The first-order chi connectivity index (χ1) is 17.3. The van der Waals surface area contributed by atoms with Crippen molar-refractivity contribution < 1.29 is 32.6 Å². The molecule has 0 bridgehead atoms. The molecule has 2 aromatic rings. The van der Waals surface area contributed by atoms with Gasteiger partial charge in [0.25, 0.3) is 0 Å². The van der Waals surface area contributed by atoms with Crippen LogP contribution in [0.5, 0.6) is 0 Å². The van der Waals surface area contributed by atoms with Crippen LogP contribution in [0.3, 0.4) is 0 Å². The number of amidine groups is 1. The van der Waals surface area contributed by atoms with Crippen molar-refractivity contribution in [2.24, 2.45) is 5.16 Å². The van der Waals surface area contributed by atoms with Crippen LogP contribution in [0.25, 0.3) is 0 Å². The Kier molecular flexibility index (Phi) is 5.99. The molecule has 2 unspecified atom stereocenters. The van der Waals surface area contributed by atoms with Crippen molar-refractivity contribution in [3.63, 3.8) is 0 Å². The number of esters is 1. The summed E-state index contributed by atoms with van der Waals surface area (Å²) in [6, 6.07) is 2.70. The third-order valence-electron chi connectivity index (χ3n) is 6.27. The number of halogens is 2.